The van der Waals surface area contributed by atoms with Crippen LogP contribution >= 0.6 is 0 Å². The highest BCUT2D eigenvalue weighted by atomic mass is 16.5. The first-order valence-electron chi connectivity index (χ1n) is 9.78. The molecule has 0 radical (unpaired) electrons. The first-order chi connectivity index (χ1) is 13.2. The van der Waals surface area contributed by atoms with Crippen LogP contribution in [0.4, 0.5) is 0 Å². The molecule has 0 spiro atoms. The second-order valence-electron chi connectivity index (χ2n) is 7.49. The van der Waals surface area contributed by atoms with Gasteiger partial charge in [-0.1, -0.05) is 31.2 Å². The van der Waals surface area contributed by atoms with Crippen molar-refractivity contribution in [3.05, 3.63) is 75.1 Å². The average Bonchev–Trinajstić information content (AvgIpc) is 2.72. The predicted octanol–water partition coefficient (Wildman–Crippen LogP) is 4.58. The third kappa shape index (κ3) is 2.76. The lowest BCUT2D eigenvalue weighted by Gasteiger charge is -2.38. The molecule has 2 aromatic carbocycles. The van der Waals surface area contributed by atoms with Gasteiger partial charge in [0.25, 0.3) is 0 Å². The normalized spacial score (nSPS) is 19.4. The molecule has 2 aliphatic rings. The van der Waals surface area contributed by atoms with E-state index in [9.17, 15) is 4.79 Å². The molecule has 1 aliphatic carbocycles. The summed E-state index contributed by atoms with van der Waals surface area (Å²) >= 11 is 0. The molecular weight excluding hydrogens is 338 g/mol. The lowest BCUT2D eigenvalue weighted by Crippen LogP contribution is -2.37. The molecule has 0 bridgehead atoms. The van der Waals surface area contributed by atoms with Crippen molar-refractivity contribution in [2.75, 3.05) is 6.73 Å². The number of nitrogens with zero attached hydrogens (tertiary/aromatic N) is 1. The summed E-state index contributed by atoms with van der Waals surface area (Å²) in [6.07, 6.45) is 4.28. The summed E-state index contributed by atoms with van der Waals surface area (Å²) in [5.74, 6) is 0.833. The second-order valence-corrected chi connectivity index (χ2v) is 7.49. The molecule has 1 aliphatic heterocycles. The number of hydrogen-bond donors (Lipinski definition) is 0. The van der Waals surface area contributed by atoms with Gasteiger partial charge in [0.2, 0.25) is 0 Å². The highest BCUT2D eigenvalue weighted by molar-refractivity contribution is 5.85. The first-order valence-corrected chi connectivity index (χ1v) is 9.78. The molecule has 1 atom stereocenters. The highest BCUT2D eigenvalue weighted by Gasteiger charge is 2.30. The van der Waals surface area contributed by atoms with Crippen LogP contribution in [-0.2, 0) is 19.4 Å². The number of fused-ring (bicyclic) bond motifs is 4. The van der Waals surface area contributed by atoms with Crippen molar-refractivity contribution in [3.8, 4) is 5.75 Å². The van der Waals surface area contributed by atoms with Crippen molar-refractivity contribution in [2.45, 2.75) is 45.2 Å². The van der Waals surface area contributed by atoms with Crippen molar-refractivity contribution in [1.82, 2.24) is 4.90 Å². The fraction of sp³-hybridized carbons (Fsp3) is 0.348. The van der Waals surface area contributed by atoms with Gasteiger partial charge in [-0.2, -0.15) is 0 Å². The van der Waals surface area contributed by atoms with E-state index in [-0.39, 0.29) is 5.63 Å². The molecule has 0 fully saturated rings. The number of aryl methyl sites for hydroxylation is 2. The van der Waals surface area contributed by atoms with E-state index in [1.807, 2.05) is 12.1 Å². The minimum absolute atomic E-state index is 0.284. The van der Waals surface area contributed by atoms with E-state index in [1.54, 1.807) is 6.07 Å². The summed E-state index contributed by atoms with van der Waals surface area (Å²) in [7, 11) is 0. The van der Waals surface area contributed by atoms with Crippen molar-refractivity contribution < 1.29 is 9.15 Å². The SMILES string of the molecule is CCc1cc(=O)oc2c3c(ccc12)OCN([C@@H]1CCCc2ccccc21)C3. The van der Waals surface area contributed by atoms with E-state index < -0.39 is 0 Å². The van der Waals surface area contributed by atoms with Gasteiger partial charge in [-0.3, -0.25) is 4.90 Å². The lowest BCUT2D eigenvalue weighted by atomic mass is 9.86. The molecule has 0 unspecified atom stereocenters. The average molecular weight is 361 g/mol. The van der Waals surface area contributed by atoms with E-state index in [4.69, 9.17) is 9.15 Å². The topological polar surface area (TPSA) is 42.7 Å². The lowest BCUT2D eigenvalue weighted by molar-refractivity contribution is 0.0482. The van der Waals surface area contributed by atoms with Gasteiger partial charge in [-0.05, 0) is 54.5 Å². The van der Waals surface area contributed by atoms with E-state index in [1.165, 1.54) is 17.5 Å². The summed E-state index contributed by atoms with van der Waals surface area (Å²) in [5.41, 5.74) is 5.28. The maximum atomic E-state index is 12.1. The summed E-state index contributed by atoms with van der Waals surface area (Å²) in [4.78, 5) is 14.4. The predicted molar refractivity (Wildman–Crippen MR) is 105 cm³/mol. The Morgan fingerprint density at radius 1 is 1.19 bits per heavy atom. The fourth-order valence-electron chi connectivity index (χ4n) is 4.62. The smallest absolute Gasteiger partial charge is 0.336 e. The third-order valence-corrected chi connectivity index (χ3v) is 5.96. The van der Waals surface area contributed by atoms with Crippen molar-refractivity contribution >= 4 is 11.0 Å². The van der Waals surface area contributed by atoms with Crippen molar-refractivity contribution in [3.63, 3.8) is 0 Å². The molecule has 4 nitrogen and oxygen atoms in total. The van der Waals surface area contributed by atoms with Crippen LogP contribution in [0.1, 0.15) is 48.1 Å². The molecular formula is C23H23NO3. The van der Waals surface area contributed by atoms with Gasteiger partial charge < -0.3 is 9.15 Å². The van der Waals surface area contributed by atoms with Gasteiger partial charge in [0.15, 0.2) is 0 Å². The Balaban J connectivity index is 1.58. The molecule has 1 aromatic heterocycles. The Bertz CT molecular complexity index is 1070. The minimum Gasteiger partial charge on any atom is -0.478 e. The standard InChI is InChI=1S/C23H23NO3/c1-2-15-12-22(25)27-23-18(15)10-11-21-19(23)13-24(14-26-21)20-9-5-7-16-6-3-4-8-17(16)20/h3-4,6,8,10-12,20H,2,5,7,9,13-14H2,1H3/t20-/m1/s1. The van der Waals surface area contributed by atoms with Gasteiger partial charge in [-0.15, -0.1) is 0 Å². The third-order valence-electron chi connectivity index (χ3n) is 5.96. The maximum absolute atomic E-state index is 12.1. The Morgan fingerprint density at radius 3 is 2.96 bits per heavy atom. The zero-order chi connectivity index (χ0) is 18.4. The number of ether oxygens (including phenoxy) is 1. The van der Waals surface area contributed by atoms with E-state index in [0.29, 0.717) is 18.4 Å². The van der Waals surface area contributed by atoms with Gasteiger partial charge in [-0.25, -0.2) is 4.79 Å². The fourth-order valence-corrected chi connectivity index (χ4v) is 4.62. The molecule has 5 rings (SSSR count). The molecule has 0 N–H and O–H groups in total. The zero-order valence-electron chi connectivity index (χ0n) is 15.5. The molecule has 0 saturated heterocycles. The molecule has 138 valence electrons. The zero-order valence-corrected chi connectivity index (χ0v) is 15.5. The summed E-state index contributed by atoms with van der Waals surface area (Å²) in [6.45, 7) is 3.37. The Kier molecular flexibility index (Phi) is 4.01. The van der Waals surface area contributed by atoms with Gasteiger partial charge in [0.05, 0.1) is 5.56 Å². The van der Waals surface area contributed by atoms with Crippen LogP contribution in [0, 0.1) is 0 Å². The minimum atomic E-state index is -0.284. The van der Waals surface area contributed by atoms with Crippen LogP contribution in [0.3, 0.4) is 0 Å². The Labute approximate surface area is 158 Å². The molecule has 3 aromatic rings. The molecule has 2 heterocycles. The van der Waals surface area contributed by atoms with Crippen molar-refractivity contribution in [2.24, 2.45) is 0 Å². The largest absolute Gasteiger partial charge is 0.478 e. The monoisotopic (exact) mass is 361 g/mol. The van der Waals surface area contributed by atoms with Crippen LogP contribution < -0.4 is 10.4 Å². The van der Waals surface area contributed by atoms with Crippen LogP contribution in [0.15, 0.2) is 51.7 Å². The summed E-state index contributed by atoms with van der Waals surface area (Å²) in [6, 6.07) is 14.7. The van der Waals surface area contributed by atoms with Crippen LogP contribution in [0.2, 0.25) is 0 Å². The van der Waals surface area contributed by atoms with Crippen LogP contribution in [-0.4, -0.2) is 11.6 Å². The van der Waals surface area contributed by atoms with Gasteiger partial charge >= 0.3 is 5.63 Å². The Morgan fingerprint density at radius 2 is 2.07 bits per heavy atom. The van der Waals surface area contributed by atoms with Crippen LogP contribution in [0.5, 0.6) is 5.75 Å². The number of benzene rings is 2. The summed E-state index contributed by atoms with van der Waals surface area (Å²) in [5, 5.41) is 1.02. The van der Waals surface area contributed by atoms with E-state index in [0.717, 1.165) is 48.1 Å². The molecule has 0 amide bonds. The van der Waals surface area contributed by atoms with E-state index in [2.05, 4.69) is 36.1 Å². The van der Waals surface area contributed by atoms with Crippen molar-refractivity contribution in [1.29, 1.82) is 0 Å². The molecule has 27 heavy (non-hydrogen) atoms. The first kappa shape index (κ1) is 16.6. The van der Waals surface area contributed by atoms with Gasteiger partial charge in [0, 0.05) is 24.0 Å². The van der Waals surface area contributed by atoms with Crippen LogP contribution in [0.25, 0.3) is 11.0 Å². The quantitative estimate of drug-likeness (QED) is 0.627. The van der Waals surface area contributed by atoms with E-state index >= 15 is 0 Å². The molecule has 4 heteroatoms. The highest BCUT2D eigenvalue weighted by Crippen LogP contribution is 2.40. The second kappa shape index (κ2) is 6.54. The number of rotatable bonds is 2. The Hall–Kier alpha value is -2.59. The summed E-state index contributed by atoms with van der Waals surface area (Å²) < 4.78 is 11.7. The number of hydrogen-bond acceptors (Lipinski definition) is 4. The maximum Gasteiger partial charge on any atom is 0.336 e. The van der Waals surface area contributed by atoms with Gasteiger partial charge in [0.1, 0.15) is 18.1 Å². The molecule has 0 saturated carbocycles.